The first-order valence-corrected chi connectivity index (χ1v) is 8.10. The molecule has 126 valence electrons. The van der Waals surface area contributed by atoms with Crippen LogP contribution in [0.25, 0.3) is 0 Å². The third kappa shape index (κ3) is 3.34. The molecule has 1 aliphatic heterocycles. The summed E-state index contributed by atoms with van der Waals surface area (Å²) >= 11 is 0. The van der Waals surface area contributed by atoms with Crippen molar-refractivity contribution in [2.75, 3.05) is 25.0 Å². The average Bonchev–Trinajstić information content (AvgIpc) is 3.17. The Labute approximate surface area is 140 Å². The van der Waals surface area contributed by atoms with Crippen molar-refractivity contribution >= 4 is 11.8 Å². The number of furan rings is 1. The van der Waals surface area contributed by atoms with Gasteiger partial charge in [0.1, 0.15) is 17.4 Å². The molecule has 0 aromatic carbocycles. The molecule has 0 radical (unpaired) electrons. The maximum Gasteiger partial charge on any atom is 0.240 e. The second-order valence-electron chi connectivity index (χ2n) is 6.23. The van der Waals surface area contributed by atoms with Crippen molar-refractivity contribution in [1.29, 1.82) is 5.26 Å². The first kappa shape index (κ1) is 16.3. The molecule has 2 N–H and O–H groups in total. The topological polar surface area (TPSA) is 97.9 Å². The summed E-state index contributed by atoms with van der Waals surface area (Å²) < 4.78 is 5.49. The molecule has 3 rings (SSSR count). The van der Waals surface area contributed by atoms with Gasteiger partial charge in [-0.3, -0.25) is 20.1 Å². The number of nitriles is 1. The third-order valence-electron chi connectivity index (χ3n) is 4.58. The van der Waals surface area contributed by atoms with Gasteiger partial charge in [-0.2, -0.15) is 10.4 Å². The molecule has 0 saturated carbocycles. The van der Waals surface area contributed by atoms with E-state index >= 15 is 0 Å². The molecular weight excluding hydrogens is 306 g/mol. The highest BCUT2D eigenvalue weighted by Crippen LogP contribution is 2.27. The largest absolute Gasteiger partial charge is 0.444 e. The van der Waals surface area contributed by atoms with E-state index in [2.05, 4.69) is 26.5 Å². The van der Waals surface area contributed by atoms with E-state index in [-0.39, 0.29) is 18.3 Å². The van der Waals surface area contributed by atoms with Crippen LogP contribution < -0.4 is 5.32 Å². The highest BCUT2D eigenvalue weighted by Gasteiger charge is 2.24. The molecule has 7 heteroatoms. The van der Waals surface area contributed by atoms with E-state index in [1.807, 2.05) is 13.0 Å². The number of anilines is 1. The number of H-pyrrole nitrogens is 1. The van der Waals surface area contributed by atoms with E-state index in [1.54, 1.807) is 13.1 Å². The molecule has 0 spiro atoms. The van der Waals surface area contributed by atoms with Crippen molar-refractivity contribution in [1.82, 2.24) is 15.1 Å². The van der Waals surface area contributed by atoms with Gasteiger partial charge in [0.25, 0.3) is 0 Å². The number of hydrogen-bond donors (Lipinski definition) is 2. The van der Waals surface area contributed by atoms with Gasteiger partial charge in [0, 0.05) is 29.9 Å². The summed E-state index contributed by atoms with van der Waals surface area (Å²) in [5.74, 6) is 1.11. The van der Waals surface area contributed by atoms with Gasteiger partial charge >= 0.3 is 0 Å². The molecule has 2 aromatic rings. The first-order chi connectivity index (χ1) is 11.6. The number of aromatic amines is 1. The maximum atomic E-state index is 12.3. The summed E-state index contributed by atoms with van der Waals surface area (Å²) in [7, 11) is 0. The monoisotopic (exact) mass is 327 g/mol. The first-order valence-electron chi connectivity index (χ1n) is 8.10. The summed E-state index contributed by atoms with van der Waals surface area (Å²) in [6, 6.07) is 4.07. The molecule has 1 atom stereocenters. The fourth-order valence-corrected chi connectivity index (χ4v) is 3.17. The van der Waals surface area contributed by atoms with Crippen LogP contribution in [0.3, 0.4) is 0 Å². The molecule has 0 aliphatic carbocycles. The zero-order valence-electron chi connectivity index (χ0n) is 13.9. The summed E-state index contributed by atoms with van der Waals surface area (Å²) in [6.07, 6.45) is 3.89. The molecule has 3 heterocycles. The Balaban J connectivity index is 1.61. The second kappa shape index (κ2) is 6.89. The smallest absolute Gasteiger partial charge is 0.240 e. The number of carbonyl (C=O) groups excluding carboxylic acids is 1. The number of aromatic nitrogens is 2. The molecule has 7 nitrogen and oxygen atoms in total. The van der Waals surface area contributed by atoms with Gasteiger partial charge in [-0.15, -0.1) is 0 Å². The average molecular weight is 327 g/mol. The molecule has 0 bridgehead atoms. The standard InChI is InChI=1S/C17H21N5O2/c1-11-12(2)24-17(14(11)8-18)20-16(23)10-22-7-3-4-13(9-22)15-5-6-19-21-15/h5-6,13H,3-4,7,9-10H2,1-2H3,(H,19,21)(H,20,23). The number of amides is 1. The van der Waals surface area contributed by atoms with E-state index < -0.39 is 0 Å². The Morgan fingerprint density at radius 1 is 1.58 bits per heavy atom. The van der Waals surface area contributed by atoms with Crippen molar-refractivity contribution in [3.05, 3.63) is 34.8 Å². The maximum absolute atomic E-state index is 12.3. The predicted octanol–water partition coefficient (Wildman–Crippen LogP) is 2.31. The summed E-state index contributed by atoms with van der Waals surface area (Å²) in [4.78, 5) is 14.4. The van der Waals surface area contributed by atoms with Crippen LogP contribution in [0.2, 0.25) is 0 Å². The zero-order valence-corrected chi connectivity index (χ0v) is 13.9. The fraction of sp³-hybridized carbons (Fsp3) is 0.471. The fourth-order valence-electron chi connectivity index (χ4n) is 3.17. The van der Waals surface area contributed by atoms with Crippen molar-refractivity contribution in [3.63, 3.8) is 0 Å². The molecule has 1 unspecified atom stereocenters. The van der Waals surface area contributed by atoms with Gasteiger partial charge in [0.05, 0.1) is 6.54 Å². The molecule has 24 heavy (non-hydrogen) atoms. The lowest BCUT2D eigenvalue weighted by atomic mass is 9.95. The van der Waals surface area contributed by atoms with Gasteiger partial charge in [-0.25, -0.2) is 0 Å². The Bertz CT molecular complexity index is 757. The third-order valence-corrected chi connectivity index (χ3v) is 4.58. The lowest BCUT2D eigenvalue weighted by Gasteiger charge is -2.31. The van der Waals surface area contributed by atoms with Crippen LogP contribution in [0.5, 0.6) is 0 Å². The molecular formula is C17H21N5O2. The number of hydrogen-bond acceptors (Lipinski definition) is 5. The van der Waals surface area contributed by atoms with Gasteiger partial charge in [-0.1, -0.05) is 0 Å². The van der Waals surface area contributed by atoms with Crippen molar-refractivity contribution in [3.8, 4) is 6.07 Å². The minimum atomic E-state index is -0.162. The lowest BCUT2D eigenvalue weighted by Crippen LogP contribution is -2.39. The zero-order chi connectivity index (χ0) is 17.1. The van der Waals surface area contributed by atoms with E-state index in [1.165, 1.54) is 0 Å². The minimum absolute atomic E-state index is 0.162. The van der Waals surface area contributed by atoms with Crippen LogP contribution >= 0.6 is 0 Å². The highest BCUT2D eigenvalue weighted by molar-refractivity contribution is 5.92. The number of likely N-dealkylation sites (tertiary alicyclic amines) is 1. The Morgan fingerprint density at radius 2 is 2.42 bits per heavy atom. The molecule has 1 saturated heterocycles. The highest BCUT2D eigenvalue weighted by atomic mass is 16.4. The summed E-state index contributed by atoms with van der Waals surface area (Å²) in [5.41, 5.74) is 2.28. The predicted molar refractivity (Wildman–Crippen MR) is 88.5 cm³/mol. The van der Waals surface area contributed by atoms with E-state index in [0.29, 0.717) is 17.2 Å². The lowest BCUT2D eigenvalue weighted by molar-refractivity contribution is -0.117. The Hall–Kier alpha value is -2.59. The summed E-state index contributed by atoms with van der Waals surface area (Å²) in [6.45, 7) is 5.59. The van der Waals surface area contributed by atoms with Gasteiger partial charge < -0.3 is 4.42 Å². The number of piperidine rings is 1. The van der Waals surface area contributed by atoms with Gasteiger partial charge in [-0.05, 0) is 39.3 Å². The minimum Gasteiger partial charge on any atom is -0.444 e. The molecule has 2 aromatic heterocycles. The van der Waals surface area contributed by atoms with Crippen LogP contribution in [0.1, 0.15) is 41.3 Å². The van der Waals surface area contributed by atoms with Crippen molar-refractivity contribution in [2.45, 2.75) is 32.6 Å². The molecule has 1 amide bonds. The van der Waals surface area contributed by atoms with Crippen LogP contribution in [0.4, 0.5) is 5.88 Å². The van der Waals surface area contributed by atoms with E-state index in [9.17, 15) is 10.1 Å². The quantitative estimate of drug-likeness (QED) is 0.898. The SMILES string of the molecule is Cc1oc(NC(=O)CN2CCCC(c3ccn[nH]3)C2)c(C#N)c1C. The number of aryl methyl sites for hydroxylation is 1. The Morgan fingerprint density at radius 3 is 3.12 bits per heavy atom. The number of rotatable bonds is 4. The van der Waals surface area contributed by atoms with Crippen molar-refractivity contribution < 1.29 is 9.21 Å². The van der Waals surface area contributed by atoms with Gasteiger partial charge in [0.2, 0.25) is 11.8 Å². The van der Waals surface area contributed by atoms with Crippen LogP contribution in [0, 0.1) is 25.2 Å². The van der Waals surface area contributed by atoms with Crippen LogP contribution in [0.15, 0.2) is 16.7 Å². The molecule has 1 aliphatic rings. The number of nitrogens with zero attached hydrogens (tertiary/aromatic N) is 3. The summed E-state index contributed by atoms with van der Waals surface area (Å²) in [5, 5.41) is 19.0. The Kier molecular flexibility index (Phi) is 4.67. The molecule has 1 fully saturated rings. The second-order valence-corrected chi connectivity index (χ2v) is 6.23. The van der Waals surface area contributed by atoms with Crippen LogP contribution in [-0.2, 0) is 4.79 Å². The van der Waals surface area contributed by atoms with E-state index in [0.717, 1.165) is 37.2 Å². The van der Waals surface area contributed by atoms with Gasteiger partial charge in [0.15, 0.2) is 0 Å². The number of carbonyl (C=O) groups is 1. The normalized spacial score (nSPS) is 18.3. The van der Waals surface area contributed by atoms with Crippen molar-refractivity contribution in [2.24, 2.45) is 0 Å². The van der Waals surface area contributed by atoms with E-state index in [4.69, 9.17) is 4.42 Å². The number of nitrogens with one attached hydrogen (secondary N) is 2. The van der Waals surface area contributed by atoms with Crippen LogP contribution in [-0.4, -0.2) is 40.6 Å².